The number of urea groups is 1. The lowest BCUT2D eigenvalue weighted by molar-refractivity contribution is 0.0602. The van der Waals surface area contributed by atoms with E-state index in [0.29, 0.717) is 24.4 Å². The second-order valence-electron chi connectivity index (χ2n) is 3.88. The maximum Gasteiger partial charge on any atom is 0.339 e. The van der Waals surface area contributed by atoms with Crippen molar-refractivity contribution in [2.45, 2.75) is 0 Å². The molecule has 0 bridgehead atoms. The standard InChI is InChI=1S/C13H18N2O4/c1-15(8-9-18-2)13(17)14-11-7-5-4-6-10(11)12(16)19-3/h4-7H,8-9H2,1-3H3,(H,14,17). The molecule has 2 amide bonds. The molecule has 0 heterocycles. The van der Waals surface area contributed by atoms with E-state index in [1.807, 2.05) is 0 Å². The Morgan fingerprint density at radius 2 is 1.95 bits per heavy atom. The SMILES string of the molecule is COCCN(C)C(=O)Nc1ccccc1C(=O)OC. The van der Waals surface area contributed by atoms with Gasteiger partial charge in [0.15, 0.2) is 0 Å². The Morgan fingerprint density at radius 1 is 1.26 bits per heavy atom. The highest BCUT2D eigenvalue weighted by Crippen LogP contribution is 2.16. The Kier molecular flexibility index (Phi) is 5.81. The average Bonchev–Trinajstić information content (AvgIpc) is 2.44. The second kappa shape index (κ2) is 7.38. The van der Waals surface area contributed by atoms with Gasteiger partial charge >= 0.3 is 12.0 Å². The van der Waals surface area contributed by atoms with Gasteiger partial charge in [0.2, 0.25) is 0 Å². The number of methoxy groups -OCH3 is 2. The van der Waals surface area contributed by atoms with Crippen molar-refractivity contribution < 1.29 is 19.1 Å². The van der Waals surface area contributed by atoms with Gasteiger partial charge in [0.1, 0.15) is 0 Å². The molecule has 1 N–H and O–H groups in total. The Balaban J connectivity index is 2.76. The Bertz CT molecular complexity index is 448. The van der Waals surface area contributed by atoms with E-state index in [0.717, 1.165) is 0 Å². The molecule has 1 rings (SSSR count). The zero-order valence-electron chi connectivity index (χ0n) is 11.3. The number of carbonyl (C=O) groups excluding carboxylic acids is 2. The third-order valence-electron chi connectivity index (χ3n) is 2.55. The van der Waals surface area contributed by atoms with E-state index in [1.54, 1.807) is 38.4 Å². The molecule has 19 heavy (non-hydrogen) atoms. The summed E-state index contributed by atoms with van der Waals surface area (Å²) in [6, 6.07) is 6.37. The smallest absolute Gasteiger partial charge is 0.339 e. The molecule has 6 nitrogen and oxygen atoms in total. The molecule has 104 valence electrons. The van der Waals surface area contributed by atoms with Crippen LogP contribution in [0.15, 0.2) is 24.3 Å². The van der Waals surface area contributed by atoms with Crippen LogP contribution >= 0.6 is 0 Å². The van der Waals surface area contributed by atoms with Crippen molar-refractivity contribution in [3.05, 3.63) is 29.8 Å². The molecule has 0 radical (unpaired) electrons. The van der Waals surface area contributed by atoms with Crippen LogP contribution in [0.4, 0.5) is 10.5 Å². The van der Waals surface area contributed by atoms with Gasteiger partial charge in [0.25, 0.3) is 0 Å². The van der Waals surface area contributed by atoms with Gasteiger partial charge < -0.3 is 19.7 Å². The second-order valence-corrected chi connectivity index (χ2v) is 3.88. The van der Waals surface area contributed by atoms with Gasteiger partial charge in [0.05, 0.1) is 25.0 Å². The zero-order valence-corrected chi connectivity index (χ0v) is 11.3. The fraction of sp³-hybridized carbons (Fsp3) is 0.385. The summed E-state index contributed by atoms with van der Waals surface area (Å²) in [5.41, 5.74) is 0.738. The van der Waals surface area contributed by atoms with Gasteiger partial charge in [0, 0.05) is 20.7 Å². The Morgan fingerprint density at radius 3 is 2.58 bits per heavy atom. The Labute approximate surface area is 112 Å². The van der Waals surface area contributed by atoms with E-state index in [2.05, 4.69) is 10.1 Å². The van der Waals surface area contributed by atoms with E-state index < -0.39 is 5.97 Å². The maximum atomic E-state index is 11.9. The molecular formula is C13H18N2O4. The molecule has 0 saturated carbocycles. The highest BCUT2D eigenvalue weighted by molar-refractivity contribution is 6.00. The number of hydrogen-bond donors (Lipinski definition) is 1. The Hall–Kier alpha value is -2.08. The fourth-order valence-corrected chi connectivity index (χ4v) is 1.42. The normalized spacial score (nSPS) is 9.84. The summed E-state index contributed by atoms with van der Waals surface area (Å²) >= 11 is 0. The summed E-state index contributed by atoms with van der Waals surface area (Å²) in [4.78, 5) is 24.9. The average molecular weight is 266 g/mol. The molecule has 0 aliphatic heterocycles. The van der Waals surface area contributed by atoms with Crippen molar-refractivity contribution in [1.29, 1.82) is 0 Å². The molecule has 0 aromatic heterocycles. The van der Waals surface area contributed by atoms with E-state index >= 15 is 0 Å². The van der Waals surface area contributed by atoms with Gasteiger partial charge in [-0.25, -0.2) is 9.59 Å². The number of rotatable bonds is 5. The van der Waals surface area contributed by atoms with Gasteiger partial charge in [-0.2, -0.15) is 0 Å². The number of hydrogen-bond acceptors (Lipinski definition) is 4. The minimum atomic E-state index is -0.490. The summed E-state index contributed by atoms with van der Waals surface area (Å²) in [6.45, 7) is 0.908. The quantitative estimate of drug-likeness (QED) is 0.822. The third kappa shape index (κ3) is 4.26. The lowest BCUT2D eigenvalue weighted by Crippen LogP contribution is -2.34. The first-order valence-corrected chi connectivity index (χ1v) is 5.78. The van der Waals surface area contributed by atoms with Gasteiger partial charge in [-0.3, -0.25) is 0 Å². The molecule has 0 atom stereocenters. The van der Waals surface area contributed by atoms with Crippen molar-refractivity contribution in [3.63, 3.8) is 0 Å². The lowest BCUT2D eigenvalue weighted by Gasteiger charge is -2.18. The van der Waals surface area contributed by atoms with Crippen LogP contribution in [0.1, 0.15) is 10.4 Å². The number of nitrogens with zero attached hydrogens (tertiary/aromatic N) is 1. The van der Waals surface area contributed by atoms with Crippen LogP contribution in [0.2, 0.25) is 0 Å². The number of ether oxygens (including phenoxy) is 2. The first-order valence-electron chi connectivity index (χ1n) is 5.78. The number of para-hydroxylation sites is 1. The first-order chi connectivity index (χ1) is 9.10. The van der Waals surface area contributed by atoms with Crippen LogP contribution in [0.5, 0.6) is 0 Å². The largest absolute Gasteiger partial charge is 0.465 e. The van der Waals surface area contributed by atoms with Crippen molar-refractivity contribution in [2.24, 2.45) is 0 Å². The maximum absolute atomic E-state index is 11.9. The summed E-state index contributed by atoms with van der Waals surface area (Å²) in [7, 11) is 4.51. The highest BCUT2D eigenvalue weighted by Gasteiger charge is 2.15. The van der Waals surface area contributed by atoms with Crippen LogP contribution in [-0.2, 0) is 9.47 Å². The van der Waals surface area contributed by atoms with Crippen molar-refractivity contribution in [1.82, 2.24) is 4.90 Å². The first kappa shape index (κ1) is 15.0. The van der Waals surface area contributed by atoms with E-state index in [1.165, 1.54) is 12.0 Å². The number of carbonyl (C=O) groups is 2. The molecule has 0 aliphatic rings. The number of likely N-dealkylation sites (N-methyl/N-ethyl adjacent to an activating group) is 1. The lowest BCUT2D eigenvalue weighted by atomic mass is 10.2. The van der Waals surface area contributed by atoms with E-state index in [-0.39, 0.29) is 6.03 Å². The third-order valence-corrected chi connectivity index (χ3v) is 2.55. The van der Waals surface area contributed by atoms with E-state index in [9.17, 15) is 9.59 Å². The van der Waals surface area contributed by atoms with Gasteiger partial charge in [-0.1, -0.05) is 12.1 Å². The van der Waals surface area contributed by atoms with Crippen molar-refractivity contribution in [2.75, 3.05) is 39.7 Å². The number of benzene rings is 1. The molecule has 0 saturated heterocycles. The highest BCUT2D eigenvalue weighted by atomic mass is 16.5. The monoisotopic (exact) mass is 266 g/mol. The molecule has 0 unspecified atom stereocenters. The molecule has 0 aliphatic carbocycles. The van der Waals surface area contributed by atoms with Crippen LogP contribution in [0, 0.1) is 0 Å². The molecule has 6 heteroatoms. The summed E-state index contributed by atoms with van der Waals surface area (Å²) < 4.78 is 9.56. The number of amides is 2. The molecular weight excluding hydrogens is 248 g/mol. The van der Waals surface area contributed by atoms with Gasteiger partial charge in [-0.05, 0) is 12.1 Å². The predicted octanol–water partition coefficient (Wildman–Crippen LogP) is 1.58. The fourth-order valence-electron chi connectivity index (χ4n) is 1.42. The van der Waals surface area contributed by atoms with Crippen molar-refractivity contribution in [3.8, 4) is 0 Å². The summed E-state index contributed by atoms with van der Waals surface area (Å²) in [5.74, 6) is -0.490. The minimum Gasteiger partial charge on any atom is -0.465 e. The molecule has 1 aromatic rings. The van der Waals surface area contributed by atoms with Crippen molar-refractivity contribution >= 4 is 17.7 Å². The van der Waals surface area contributed by atoms with Crippen LogP contribution in [-0.4, -0.2) is 51.3 Å². The topological polar surface area (TPSA) is 67.9 Å². The molecule has 0 fully saturated rings. The number of anilines is 1. The van der Waals surface area contributed by atoms with Crippen LogP contribution in [0.3, 0.4) is 0 Å². The summed E-state index contributed by atoms with van der Waals surface area (Å²) in [6.07, 6.45) is 0. The number of nitrogens with one attached hydrogen (secondary N) is 1. The molecule has 1 aromatic carbocycles. The summed E-state index contributed by atoms with van der Waals surface area (Å²) in [5, 5.41) is 2.67. The van der Waals surface area contributed by atoms with E-state index in [4.69, 9.17) is 4.74 Å². The minimum absolute atomic E-state index is 0.312. The predicted molar refractivity (Wildman–Crippen MR) is 71.3 cm³/mol. The van der Waals surface area contributed by atoms with Gasteiger partial charge in [-0.15, -0.1) is 0 Å². The van der Waals surface area contributed by atoms with Crippen LogP contribution in [0.25, 0.3) is 0 Å². The van der Waals surface area contributed by atoms with Crippen LogP contribution < -0.4 is 5.32 Å². The molecule has 0 spiro atoms. The number of esters is 1. The zero-order chi connectivity index (χ0) is 14.3.